The van der Waals surface area contributed by atoms with Crippen LogP contribution in [0.3, 0.4) is 0 Å². The lowest BCUT2D eigenvalue weighted by atomic mass is 10.2. The smallest absolute Gasteiger partial charge is 0.471 e. The number of amides is 2. The Hall–Kier alpha value is -9.20. The zero-order valence-electron chi connectivity index (χ0n) is 57.2. The molecule has 6 atom stereocenters. The van der Waals surface area contributed by atoms with Crippen LogP contribution in [-0.2, 0) is 47.0 Å². The van der Waals surface area contributed by atoms with E-state index in [0.717, 1.165) is 25.3 Å². The van der Waals surface area contributed by atoms with Gasteiger partial charge in [0.05, 0.1) is 62.9 Å². The molecule has 2 saturated heterocycles. The van der Waals surface area contributed by atoms with Crippen molar-refractivity contribution in [3.05, 3.63) is 196 Å². The molecule has 2 aliphatic rings. The van der Waals surface area contributed by atoms with Crippen LogP contribution in [0.25, 0.3) is 0 Å². The van der Waals surface area contributed by atoms with Gasteiger partial charge in [-0.15, -0.1) is 0 Å². The largest absolute Gasteiger partial charge is 0.484 e. The van der Waals surface area contributed by atoms with E-state index in [9.17, 15) is 41.9 Å². The Morgan fingerprint density at radius 1 is 0.600 bits per heavy atom. The number of nitrogens with one attached hydrogen (secondary N) is 2. The lowest BCUT2D eigenvalue weighted by Gasteiger charge is -2.43. The van der Waals surface area contributed by atoms with Gasteiger partial charge in [-0.05, 0) is 56.8 Å². The summed E-state index contributed by atoms with van der Waals surface area (Å²) in [5, 5.41) is 7.93. The second-order valence-electron chi connectivity index (χ2n) is 26.0. The van der Waals surface area contributed by atoms with Gasteiger partial charge in [-0.25, -0.2) is 9.59 Å². The van der Waals surface area contributed by atoms with Crippen LogP contribution < -0.4 is 59.0 Å². The average Bonchev–Trinajstić information content (AvgIpc) is 0.862. The Morgan fingerprint density at radius 2 is 1.00 bits per heavy atom. The second kappa shape index (κ2) is 34.7. The topological polar surface area (TPSA) is 279 Å². The van der Waals surface area contributed by atoms with Gasteiger partial charge in [-0.2, -0.15) is 23.1 Å². The molecule has 7 aromatic rings. The number of carbonyl (C=O) groups is 4. The predicted octanol–water partition coefficient (Wildman–Crippen LogP) is 6.88. The lowest BCUT2D eigenvalue weighted by molar-refractivity contribution is -0.173. The maximum atomic E-state index is 13.7. The summed E-state index contributed by atoms with van der Waals surface area (Å²) in [6.45, 7) is 15.6. The third-order valence-corrected chi connectivity index (χ3v) is 26.8. The van der Waals surface area contributed by atoms with Crippen LogP contribution >= 0.6 is 0 Å². The second-order valence-corrected chi connectivity index (χ2v) is 34.6. The molecule has 2 amide bonds. The maximum Gasteiger partial charge on any atom is 0.471 e. The van der Waals surface area contributed by atoms with Crippen LogP contribution in [0, 0.1) is 23.7 Å². The van der Waals surface area contributed by atoms with Crippen LogP contribution in [0.4, 0.5) is 24.8 Å². The summed E-state index contributed by atoms with van der Waals surface area (Å²) >= 11 is 0. The zero-order chi connectivity index (χ0) is 72.3. The summed E-state index contributed by atoms with van der Waals surface area (Å²) in [4.78, 5) is 82.3. The van der Waals surface area contributed by atoms with E-state index in [2.05, 4.69) is 129 Å². The average molecular weight is 1410 g/mol. The molecule has 100 heavy (non-hydrogen) atoms. The molecule has 5 aromatic carbocycles. The number of carbonyl (C=O) groups excluding carboxylic acids is 4. The number of nitrogens with zero attached hydrogens (tertiary/aromatic N) is 4. The number of hydrogen-bond acceptors (Lipinski definition) is 17. The number of aromatic nitrogens is 4. The van der Waals surface area contributed by atoms with Gasteiger partial charge in [0.2, 0.25) is 0 Å². The number of ketones is 2. The third-order valence-electron chi connectivity index (χ3n) is 16.8. The fraction of sp³-hybridized carbons (Fsp3) is 0.378. The highest BCUT2D eigenvalue weighted by Gasteiger charge is 2.53. The lowest BCUT2D eigenvalue weighted by Crippen LogP contribution is -2.67. The Morgan fingerprint density at radius 3 is 1.40 bits per heavy atom. The number of alkyl halides is 3. The Balaban J connectivity index is 0.000000268. The fourth-order valence-electron chi connectivity index (χ4n) is 12.0. The third kappa shape index (κ3) is 19.6. The van der Waals surface area contributed by atoms with E-state index < -0.39 is 96.0 Å². The fourth-order valence-corrected chi connectivity index (χ4v) is 21.2. The molecule has 6 N–H and O–H groups in total. The molecular formula is C74H85F3N8O13Si2. The zero-order valence-corrected chi connectivity index (χ0v) is 59.2. The van der Waals surface area contributed by atoms with Crippen LogP contribution in [-0.4, -0.2) is 136 Å². The van der Waals surface area contributed by atoms with Gasteiger partial charge in [-0.1, -0.05) is 205 Å². The van der Waals surface area contributed by atoms with Crippen molar-refractivity contribution in [1.82, 2.24) is 24.4 Å². The predicted molar refractivity (Wildman–Crippen MR) is 378 cm³/mol. The molecule has 0 spiro atoms. The molecule has 528 valence electrons. The molecule has 0 aliphatic carbocycles. The summed E-state index contributed by atoms with van der Waals surface area (Å²) in [6, 6.07) is 49.2. The SMILES string of the molecule is CC(=O)CCOC1C[C@H](n2cc(C#CCN)c(N)nc2=O)O[C@@H]1CO[Si](c1ccccc1)(c1ccccc1)C(C)(C)C.CC(=O)CCOC1C[C@H](n2cc(C#CCNC(=O)C(F)(F)F)c(NC(=O)COc3ccccc3)nc2=O)O[C@@H]1CO[Si](c1ccccc1)(c1ccccc1)C(C)(C)C. The number of benzene rings is 5. The highest BCUT2D eigenvalue weighted by atomic mass is 28.4. The first-order chi connectivity index (χ1) is 47.6. The highest BCUT2D eigenvalue weighted by molar-refractivity contribution is 7.00. The number of rotatable bonds is 25. The van der Waals surface area contributed by atoms with Gasteiger partial charge in [0.25, 0.3) is 22.5 Å². The van der Waals surface area contributed by atoms with E-state index in [1.807, 2.05) is 72.8 Å². The normalized spacial score (nSPS) is 17.7. The van der Waals surface area contributed by atoms with Gasteiger partial charge in [0.1, 0.15) is 47.8 Å². The van der Waals surface area contributed by atoms with Gasteiger partial charge < -0.3 is 54.6 Å². The van der Waals surface area contributed by atoms with Crippen molar-refractivity contribution >= 4 is 72.4 Å². The van der Waals surface area contributed by atoms with Crippen molar-refractivity contribution in [2.24, 2.45) is 5.73 Å². The van der Waals surface area contributed by atoms with E-state index in [0.29, 0.717) is 17.7 Å². The highest BCUT2D eigenvalue weighted by Crippen LogP contribution is 2.41. The number of Topliss-reactive ketones (excluding diaryl/α,β-unsaturated/α-hetero) is 2. The molecule has 2 aliphatic heterocycles. The summed E-state index contributed by atoms with van der Waals surface area (Å²) in [6.07, 6.45) is -5.35. The maximum absolute atomic E-state index is 13.7. The molecule has 0 saturated carbocycles. The van der Waals surface area contributed by atoms with Gasteiger partial charge in [0, 0.05) is 38.1 Å². The van der Waals surface area contributed by atoms with Gasteiger partial charge in [0.15, 0.2) is 12.4 Å². The van der Waals surface area contributed by atoms with Crippen LogP contribution in [0.15, 0.2) is 174 Å². The van der Waals surface area contributed by atoms with Crippen molar-refractivity contribution in [3.63, 3.8) is 0 Å². The molecule has 0 radical (unpaired) electrons. The summed E-state index contributed by atoms with van der Waals surface area (Å²) in [7, 11) is -5.90. The Labute approximate surface area is 581 Å². The van der Waals surface area contributed by atoms with Crippen molar-refractivity contribution in [1.29, 1.82) is 0 Å². The van der Waals surface area contributed by atoms with Crippen LogP contribution in [0.5, 0.6) is 5.75 Å². The Kier molecular flexibility index (Phi) is 26.6. The molecule has 0 bridgehead atoms. The number of hydrogen-bond donors (Lipinski definition) is 4. The number of nitrogen functional groups attached to an aromatic ring is 1. The Bertz CT molecular complexity index is 4080. The van der Waals surface area contributed by atoms with E-state index in [1.54, 1.807) is 41.8 Å². The van der Waals surface area contributed by atoms with Crippen LogP contribution in [0.2, 0.25) is 10.1 Å². The standard InChI is InChI=1S/C42H45F3N4O8Si.C32H40N4O5Si/c1-29(50)22-24-54-34-25-37(57-35(34)27-56-58(41(2,3)4,32-18-10-6-11-19-32)33-20-12-7-13-21-33)49-26-30(15-14-23-46-39(52)42(43,44)45)38(48-40(49)53)47-36(51)28-55-31-16-8-5-9-17-31;1-23(37)17-19-39-27-20-29(36-21-24(12-11-18-33)30(34)35-31(36)38)41-28(27)22-40-42(32(2,3)4,25-13-7-5-8-14-25)26-15-9-6-10-16-26/h5-13,16-21,26,34-35,37H,22-25,27-28H2,1-4H3,(H,46,52)(H,47,48,51,53);5-10,13-16,21,27-29H,17-20,22,33H2,1-4H3,(H2,34,35,38)/t34?,35-,37-;27?,28-,29-/m11/s1. The summed E-state index contributed by atoms with van der Waals surface area (Å²) in [5.41, 5.74) is 10.4. The van der Waals surface area contributed by atoms with E-state index in [-0.39, 0.29) is 91.1 Å². The number of anilines is 2. The summed E-state index contributed by atoms with van der Waals surface area (Å²) in [5.74, 6) is 7.89. The number of halogens is 3. The first-order valence-corrected chi connectivity index (χ1v) is 36.5. The quantitative estimate of drug-likeness (QED) is 0.0335. The molecule has 2 unspecified atom stereocenters. The number of para-hydroxylation sites is 1. The van der Waals surface area contributed by atoms with Crippen molar-refractivity contribution in [2.45, 2.75) is 134 Å². The summed E-state index contributed by atoms with van der Waals surface area (Å²) < 4.78 is 86.0. The molecule has 2 aromatic heterocycles. The van der Waals surface area contributed by atoms with E-state index in [4.69, 9.17) is 44.0 Å². The molecule has 26 heteroatoms. The minimum Gasteiger partial charge on any atom is -0.484 e. The molecular weight excluding hydrogens is 1320 g/mol. The molecule has 21 nitrogen and oxygen atoms in total. The molecule has 2 fully saturated rings. The first kappa shape index (κ1) is 76.6. The van der Waals surface area contributed by atoms with Crippen molar-refractivity contribution < 1.29 is 64.9 Å². The monoisotopic (exact) mass is 1410 g/mol. The van der Waals surface area contributed by atoms with Crippen molar-refractivity contribution in [2.75, 3.05) is 57.2 Å². The minimum absolute atomic E-state index is 0.0349. The van der Waals surface area contributed by atoms with E-state index >= 15 is 0 Å². The minimum atomic E-state index is -5.12. The molecule has 4 heterocycles. The van der Waals surface area contributed by atoms with Gasteiger partial charge >= 0.3 is 23.5 Å². The van der Waals surface area contributed by atoms with Crippen molar-refractivity contribution in [3.8, 4) is 29.4 Å². The number of ether oxygens (including phenoxy) is 5. The van der Waals surface area contributed by atoms with Gasteiger partial charge in [-0.3, -0.25) is 28.3 Å². The first-order valence-electron chi connectivity index (χ1n) is 32.7. The number of nitrogens with two attached hydrogens (primary N) is 2. The molecule has 9 rings (SSSR count). The van der Waals surface area contributed by atoms with Crippen LogP contribution in [0.1, 0.15) is 105 Å². The van der Waals surface area contributed by atoms with E-state index in [1.165, 1.54) is 24.6 Å².